The molecule has 1 aliphatic carbocycles. The SMILES string of the molecule is C=C(C)[C@H]1CC=C(COC(=O)NC(=O)c2ncn3c(=O)n(C)nnc23)CC1. The van der Waals surface area contributed by atoms with E-state index in [1.165, 1.54) is 7.05 Å². The minimum absolute atomic E-state index is 0.0378. The summed E-state index contributed by atoms with van der Waals surface area (Å²) in [7, 11) is 1.42. The van der Waals surface area contributed by atoms with Gasteiger partial charge in [-0.1, -0.05) is 23.4 Å². The van der Waals surface area contributed by atoms with Crippen LogP contribution in [0.2, 0.25) is 0 Å². The summed E-state index contributed by atoms with van der Waals surface area (Å²) < 4.78 is 7.17. The Morgan fingerprint density at radius 3 is 2.89 bits per heavy atom. The molecule has 0 saturated heterocycles. The van der Waals surface area contributed by atoms with E-state index in [9.17, 15) is 14.4 Å². The van der Waals surface area contributed by atoms with Crippen molar-refractivity contribution in [1.29, 1.82) is 0 Å². The van der Waals surface area contributed by atoms with Crippen LogP contribution in [0.3, 0.4) is 0 Å². The summed E-state index contributed by atoms with van der Waals surface area (Å²) in [5, 5.41) is 9.44. The molecule has 1 N–H and O–H groups in total. The zero-order valence-corrected chi connectivity index (χ0v) is 15.1. The zero-order chi connectivity index (χ0) is 19.6. The first kappa shape index (κ1) is 18.5. The number of imidazole rings is 1. The topological polar surface area (TPSA) is 120 Å². The summed E-state index contributed by atoms with van der Waals surface area (Å²) in [6, 6.07) is 0. The summed E-state index contributed by atoms with van der Waals surface area (Å²) in [4.78, 5) is 39.8. The lowest BCUT2D eigenvalue weighted by Crippen LogP contribution is -2.33. The van der Waals surface area contributed by atoms with E-state index in [2.05, 4.69) is 27.2 Å². The van der Waals surface area contributed by atoms with Crippen LogP contribution in [0.5, 0.6) is 0 Å². The molecular weight excluding hydrogens is 352 g/mol. The molecule has 0 spiro atoms. The quantitative estimate of drug-likeness (QED) is 0.795. The van der Waals surface area contributed by atoms with E-state index >= 15 is 0 Å². The molecule has 3 rings (SSSR count). The molecule has 27 heavy (non-hydrogen) atoms. The van der Waals surface area contributed by atoms with Gasteiger partial charge in [0.05, 0.1) is 0 Å². The smallest absolute Gasteiger partial charge is 0.414 e. The van der Waals surface area contributed by atoms with Crippen LogP contribution in [-0.4, -0.2) is 43.0 Å². The second-order valence-corrected chi connectivity index (χ2v) is 6.49. The average molecular weight is 372 g/mol. The number of nitrogens with zero attached hydrogens (tertiary/aromatic N) is 5. The fourth-order valence-electron chi connectivity index (χ4n) is 2.85. The van der Waals surface area contributed by atoms with Gasteiger partial charge in [-0.25, -0.2) is 19.0 Å². The van der Waals surface area contributed by atoms with Crippen molar-refractivity contribution in [3.05, 3.63) is 46.3 Å². The molecule has 0 radical (unpaired) electrons. The molecule has 2 heterocycles. The van der Waals surface area contributed by atoms with Crippen molar-refractivity contribution in [3.8, 4) is 0 Å². The molecular formula is C17H20N6O4. The molecule has 0 unspecified atom stereocenters. The highest BCUT2D eigenvalue weighted by molar-refractivity contribution is 6.05. The molecule has 0 fully saturated rings. The van der Waals surface area contributed by atoms with Gasteiger partial charge in [0, 0.05) is 7.05 Å². The van der Waals surface area contributed by atoms with E-state index in [-0.39, 0.29) is 17.9 Å². The van der Waals surface area contributed by atoms with E-state index < -0.39 is 17.7 Å². The van der Waals surface area contributed by atoms with Crippen molar-refractivity contribution >= 4 is 17.6 Å². The van der Waals surface area contributed by atoms with Crippen molar-refractivity contribution in [3.63, 3.8) is 0 Å². The second kappa shape index (κ2) is 7.52. The molecule has 0 aromatic carbocycles. The summed E-state index contributed by atoms with van der Waals surface area (Å²) >= 11 is 0. The van der Waals surface area contributed by atoms with Crippen molar-refractivity contribution in [1.82, 2.24) is 29.7 Å². The third-order valence-corrected chi connectivity index (χ3v) is 4.52. The lowest BCUT2D eigenvalue weighted by Gasteiger charge is -2.21. The van der Waals surface area contributed by atoms with Gasteiger partial charge in [-0.3, -0.25) is 10.1 Å². The lowest BCUT2D eigenvalue weighted by atomic mass is 9.86. The number of carbonyl (C=O) groups excluding carboxylic acids is 2. The number of nitrogens with one attached hydrogen (secondary N) is 1. The van der Waals surface area contributed by atoms with E-state index in [1.54, 1.807) is 0 Å². The number of alkyl carbamates (subject to hydrolysis) is 1. The third kappa shape index (κ3) is 3.94. The summed E-state index contributed by atoms with van der Waals surface area (Å²) in [5.41, 5.74) is 1.44. The van der Waals surface area contributed by atoms with Crippen LogP contribution >= 0.6 is 0 Å². The minimum Gasteiger partial charge on any atom is -0.445 e. The van der Waals surface area contributed by atoms with Gasteiger partial charge >= 0.3 is 11.8 Å². The first-order valence-corrected chi connectivity index (χ1v) is 8.45. The standard InChI is InChI=1S/C17H20N6O4/c1-10(2)12-6-4-11(5-7-12)8-27-16(25)19-15(24)13-14-20-21-22(3)17(26)23(14)9-18-13/h4,9,12H,1,5-8H2,2-3H3,(H,19,24,25)/t12-/m0/s1. The molecule has 0 aliphatic heterocycles. The number of hydrogen-bond donors (Lipinski definition) is 1. The number of aryl methyl sites for hydroxylation is 1. The Kier molecular flexibility index (Phi) is 5.15. The van der Waals surface area contributed by atoms with Crippen LogP contribution in [0.25, 0.3) is 5.65 Å². The van der Waals surface area contributed by atoms with Gasteiger partial charge in [-0.2, -0.15) is 4.68 Å². The van der Waals surface area contributed by atoms with Crippen LogP contribution in [0.15, 0.2) is 34.9 Å². The molecule has 1 atom stereocenters. The fraction of sp³-hybridized carbons (Fsp3) is 0.412. The van der Waals surface area contributed by atoms with E-state index in [0.29, 0.717) is 5.92 Å². The Balaban J connectivity index is 1.59. The Morgan fingerprint density at radius 2 is 2.22 bits per heavy atom. The number of hydrogen-bond acceptors (Lipinski definition) is 7. The average Bonchev–Trinajstić information content (AvgIpc) is 3.08. The highest BCUT2D eigenvalue weighted by Gasteiger charge is 2.21. The Morgan fingerprint density at radius 1 is 1.44 bits per heavy atom. The molecule has 10 heteroatoms. The summed E-state index contributed by atoms with van der Waals surface area (Å²) in [6.07, 6.45) is 4.98. The zero-order valence-electron chi connectivity index (χ0n) is 15.1. The molecule has 2 aromatic rings. The highest BCUT2D eigenvalue weighted by Crippen LogP contribution is 2.28. The summed E-state index contributed by atoms with van der Waals surface area (Å²) in [6.45, 7) is 6.10. The molecule has 0 saturated carbocycles. The third-order valence-electron chi connectivity index (χ3n) is 4.52. The maximum Gasteiger partial charge on any atom is 0.414 e. The first-order valence-electron chi connectivity index (χ1n) is 8.45. The number of amides is 2. The number of rotatable bonds is 4. The monoisotopic (exact) mass is 372 g/mol. The van der Waals surface area contributed by atoms with E-state index in [1.807, 2.05) is 13.0 Å². The van der Waals surface area contributed by atoms with Crippen LogP contribution in [0.4, 0.5) is 4.79 Å². The Hall–Kier alpha value is -3.30. The van der Waals surface area contributed by atoms with Crippen molar-refractivity contribution < 1.29 is 14.3 Å². The van der Waals surface area contributed by atoms with Gasteiger partial charge in [-0.05, 0) is 37.7 Å². The first-order chi connectivity index (χ1) is 12.9. The number of aromatic nitrogens is 5. The fourth-order valence-corrected chi connectivity index (χ4v) is 2.85. The van der Waals surface area contributed by atoms with Gasteiger partial charge < -0.3 is 4.74 Å². The number of fused-ring (bicyclic) bond motifs is 1. The van der Waals surface area contributed by atoms with Crippen LogP contribution in [-0.2, 0) is 11.8 Å². The van der Waals surface area contributed by atoms with Crippen LogP contribution in [0, 0.1) is 5.92 Å². The maximum atomic E-state index is 12.2. The van der Waals surface area contributed by atoms with Gasteiger partial charge in [0.1, 0.15) is 12.9 Å². The van der Waals surface area contributed by atoms with Gasteiger partial charge in [0.25, 0.3) is 5.91 Å². The lowest BCUT2D eigenvalue weighted by molar-refractivity contribution is 0.0923. The molecule has 2 aromatic heterocycles. The second-order valence-electron chi connectivity index (χ2n) is 6.49. The number of allylic oxidation sites excluding steroid dienone is 2. The van der Waals surface area contributed by atoms with Crippen molar-refractivity contribution in [2.45, 2.75) is 26.2 Å². The maximum absolute atomic E-state index is 12.2. The number of ether oxygens (including phenoxy) is 1. The van der Waals surface area contributed by atoms with Crippen LogP contribution < -0.4 is 11.0 Å². The molecule has 2 amide bonds. The van der Waals surface area contributed by atoms with Gasteiger partial charge in [-0.15, -0.1) is 5.10 Å². The van der Waals surface area contributed by atoms with Crippen molar-refractivity contribution in [2.24, 2.45) is 13.0 Å². The van der Waals surface area contributed by atoms with Crippen molar-refractivity contribution in [2.75, 3.05) is 6.61 Å². The largest absolute Gasteiger partial charge is 0.445 e. The highest BCUT2D eigenvalue weighted by atomic mass is 16.5. The Labute approximate surface area is 154 Å². The Bertz CT molecular complexity index is 1000. The minimum atomic E-state index is -0.888. The predicted octanol–water partition coefficient (Wildman–Crippen LogP) is 0.992. The van der Waals surface area contributed by atoms with E-state index in [0.717, 1.165) is 45.8 Å². The normalized spacial score (nSPS) is 16.7. The van der Waals surface area contributed by atoms with Crippen LogP contribution in [0.1, 0.15) is 36.7 Å². The van der Waals surface area contributed by atoms with Gasteiger partial charge in [0.15, 0.2) is 11.3 Å². The molecule has 0 bridgehead atoms. The molecule has 1 aliphatic rings. The number of imide groups is 1. The molecule has 142 valence electrons. The van der Waals surface area contributed by atoms with Gasteiger partial charge in [0.2, 0.25) is 0 Å². The van der Waals surface area contributed by atoms with E-state index in [4.69, 9.17) is 4.74 Å². The number of carbonyl (C=O) groups is 2. The predicted molar refractivity (Wildman–Crippen MR) is 95.1 cm³/mol. The summed E-state index contributed by atoms with van der Waals surface area (Å²) in [5.74, 6) is -0.350. The molecule has 10 nitrogen and oxygen atoms in total.